The molecule has 11 heterocycles. The van der Waals surface area contributed by atoms with Gasteiger partial charge in [-0.3, -0.25) is 0 Å². The molecular weight excluding hydrogens is 1240 g/mol. The molecule has 1 N–H and O–H groups in total. The topological polar surface area (TPSA) is 206 Å². The molecule has 6 fully saturated rings. The Hall–Kier alpha value is -4.99. The summed E-state index contributed by atoms with van der Waals surface area (Å²) in [4.78, 5) is 36.5. The van der Waals surface area contributed by atoms with Crippen molar-refractivity contribution in [3.63, 3.8) is 0 Å². The minimum Gasteiger partial charge on any atom is -0.361 e. The molecule has 20 nitrogen and oxygen atoms in total. The number of nitrogens with zero attached hydrogens (tertiary/aromatic N) is 13. The van der Waals surface area contributed by atoms with E-state index in [1.165, 1.54) is 44.4 Å². The second-order valence-corrected chi connectivity index (χ2v) is 44.2. The maximum absolute atomic E-state index is 12.8. The van der Waals surface area contributed by atoms with Crippen molar-refractivity contribution >= 4 is 86.7 Å². The minimum absolute atomic E-state index is 0.00320. The summed E-state index contributed by atoms with van der Waals surface area (Å²) in [6.45, 7) is 28.0. The first-order valence-electron chi connectivity index (χ1n) is 31.0. The second kappa shape index (κ2) is 25.5. The van der Waals surface area contributed by atoms with Gasteiger partial charge in [0.1, 0.15) is 66.8 Å². The lowest BCUT2D eigenvalue weighted by atomic mass is 9.75. The Labute approximate surface area is 520 Å². The van der Waals surface area contributed by atoms with E-state index in [0.29, 0.717) is 70.2 Å². The first-order chi connectivity index (χ1) is 41.6. The van der Waals surface area contributed by atoms with Crippen LogP contribution in [0, 0.1) is 34.0 Å². The summed E-state index contributed by atoms with van der Waals surface area (Å²) < 4.78 is 143. The van der Waals surface area contributed by atoms with Crippen LogP contribution in [-0.2, 0) is 43.0 Å². The van der Waals surface area contributed by atoms with Crippen LogP contribution < -0.4 is 14.7 Å². The predicted molar refractivity (Wildman–Crippen MR) is 339 cm³/mol. The number of fused-ring (bicyclic) bond motifs is 6. The zero-order valence-electron chi connectivity index (χ0n) is 52.7. The van der Waals surface area contributed by atoms with Crippen molar-refractivity contribution < 1.29 is 52.7 Å². The molecule has 0 bridgehead atoms. The van der Waals surface area contributed by atoms with E-state index in [4.69, 9.17) is 9.47 Å². The van der Waals surface area contributed by atoms with E-state index in [0.717, 1.165) is 85.2 Å². The standard InChI is InChI=1S/C22H34F3N5O3SSi.C21H34N4OSi.C16H20F3N5O2S/c1-21-12-28(7-5-17(21)11-30(13-21)34(31,32)14-22(23,24)25)19-18-6-8-29(20(18)27-15-26-19)16-33-9-10-35(2,3)4;1-21-9-5-6-17(21)7-10-24(14-21)19-18-8-11-25(20(18)23-15-22-19)16-26-12-13-27(2,3)4;1-15-7-23(14-12-2-4-20-13(12)21-10-22-14)5-3-11(15)6-24(8-15)27(25,26)9-16(17,18)19/h6,8,15,17H,5,7,9-14,16H2,1-4H3;8,11,15,17H,5-7,9-10,12-14,16H2,1-4H3;2,4,10-11H,3,5-9H2,1H3,(H,20,21,22)/t2*17-,21+;11-,15+/m101/s1. The summed E-state index contributed by atoms with van der Waals surface area (Å²) in [7, 11) is -11.0. The summed E-state index contributed by atoms with van der Waals surface area (Å²) in [6.07, 6.45) is 7.84. The Balaban J connectivity index is 0.000000149. The van der Waals surface area contributed by atoms with Gasteiger partial charge in [-0.2, -0.15) is 26.3 Å². The van der Waals surface area contributed by atoms with Crippen LogP contribution in [0.3, 0.4) is 0 Å². The van der Waals surface area contributed by atoms with Gasteiger partial charge < -0.3 is 38.3 Å². The van der Waals surface area contributed by atoms with E-state index in [-0.39, 0.29) is 38.0 Å². The van der Waals surface area contributed by atoms with E-state index in [9.17, 15) is 43.2 Å². The van der Waals surface area contributed by atoms with Crippen molar-refractivity contribution in [1.29, 1.82) is 0 Å². The first-order valence-corrected chi connectivity index (χ1v) is 41.6. The highest BCUT2D eigenvalue weighted by molar-refractivity contribution is 7.89. The third-order valence-electron chi connectivity index (χ3n) is 19.3. The number of ether oxygens (including phenoxy) is 2. The molecule has 6 aliphatic rings. The summed E-state index contributed by atoms with van der Waals surface area (Å²) >= 11 is 0. The van der Waals surface area contributed by atoms with Crippen molar-refractivity contribution in [2.75, 3.05) is 105 Å². The largest absolute Gasteiger partial charge is 0.404 e. The molecule has 1 aliphatic carbocycles. The van der Waals surface area contributed by atoms with Crippen molar-refractivity contribution in [2.24, 2.45) is 34.0 Å². The SMILES string of the molecule is C[C@@]12CN(c3ncnc4[nH]ccc34)CC[C@@H]1CN(S(=O)(=O)CC(F)(F)F)C2.C[C@@]12CN(c3ncnc4c3ccn4COCC[Si](C)(C)C)CC[C@@H]1CN(S(=O)(=O)CC(F)(F)F)C2.C[C@]12CCC[C@H]1CCN(c1ncnc3c1ccn3COCC[Si](C)(C)C)C2. The number of sulfonamides is 2. The van der Waals surface area contributed by atoms with Gasteiger partial charge in [-0.05, 0) is 85.6 Å². The lowest BCUT2D eigenvalue weighted by Crippen LogP contribution is -2.47. The third-order valence-corrected chi connectivity index (χ3v) is 26.2. The van der Waals surface area contributed by atoms with Gasteiger partial charge in [-0.1, -0.05) is 66.5 Å². The number of aromatic amines is 1. The normalized spacial score (nSPS) is 25.7. The fourth-order valence-corrected chi connectivity index (χ4v) is 18.8. The highest BCUT2D eigenvalue weighted by atomic mass is 32.2. The minimum atomic E-state index is -4.75. The monoisotopic (exact) mass is 1320 g/mol. The van der Waals surface area contributed by atoms with E-state index < -0.39 is 70.9 Å². The van der Waals surface area contributed by atoms with Crippen LogP contribution in [0.1, 0.15) is 59.3 Å². The second-order valence-electron chi connectivity index (χ2n) is 29.0. The van der Waals surface area contributed by atoms with Crippen LogP contribution in [0.5, 0.6) is 0 Å². The summed E-state index contributed by atoms with van der Waals surface area (Å²) in [5.41, 5.74) is 2.04. The molecule has 0 spiro atoms. The molecular formula is C59H88F6N14O6S2Si2. The number of hydrogen-bond acceptors (Lipinski definition) is 15. The molecule has 6 aromatic heterocycles. The zero-order valence-corrected chi connectivity index (χ0v) is 56.4. The molecule has 30 heteroatoms. The maximum atomic E-state index is 12.8. The molecule has 12 rings (SSSR count). The van der Waals surface area contributed by atoms with Crippen LogP contribution in [-0.4, -0.2) is 188 Å². The van der Waals surface area contributed by atoms with Gasteiger partial charge >= 0.3 is 12.4 Å². The molecule has 0 amide bonds. The summed E-state index contributed by atoms with van der Waals surface area (Å²) in [5.74, 6) is -0.0640. The Morgan fingerprint density at radius 3 is 1.40 bits per heavy atom. The number of halogens is 6. The highest BCUT2D eigenvalue weighted by Gasteiger charge is 2.53. The van der Waals surface area contributed by atoms with Crippen molar-refractivity contribution in [3.05, 3.63) is 55.8 Å². The van der Waals surface area contributed by atoms with Gasteiger partial charge in [0.25, 0.3) is 0 Å². The van der Waals surface area contributed by atoms with Crippen molar-refractivity contribution in [1.82, 2.24) is 52.6 Å². The molecule has 5 aliphatic heterocycles. The lowest BCUT2D eigenvalue weighted by Gasteiger charge is -2.43. The molecule has 5 saturated heterocycles. The number of H-pyrrole nitrogens is 1. The van der Waals surface area contributed by atoms with Gasteiger partial charge in [-0.25, -0.2) is 55.3 Å². The number of anilines is 3. The molecule has 0 aromatic carbocycles. The zero-order chi connectivity index (χ0) is 64.2. The Morgan fingerprint density at radius 2 is 0.966 bits per heavy atom. The van der Waals surface area contributed by atoms with Crippen LogP contribution in [0.25, 0.3) is 33.1 Å². The smallest absolute Gasteiger partial charge is 0.361 e. The predicted octanol–water partition coefficient (Wildman–Crippen LogP) is 10.5. The Kier molecular flexibility index (Phi) is 19.2. The molecule has 492 valence electrons. The van der Waals surface area contributed by atoms with Gasteiger partial charge in [0.15, 0.2) is 11.5 Å². The number of piperidine rings is 3. The van der Waals surface area contributed by atoms with Gasteiger partial charge in [0.05, 0.1) is 16.2 Å². The van der Waals surface area contributed by atoms with E-state index in [1.807, 2.05) is 36.7 Å². The fourth-order valence-electron chi connectivity index (χ4n) is 14.3. The summed E-state index contributed by atoms with van der Waals surface area (Å²) in [5, 5.41) is 2.91. The van der Waals surface area contributed by atoms with E-state index in [2.05, 4.69) is 113 Å². The molecule has 0 unspecified atom stereocenters. The average molecular weight is 1320 g/mol. The maximum Gasteiger partial charge on any atom is 0.404 e. The quantitative estimate of drug-likeness (QED) is 0.0512. The molecule has 6 atom stereocenters. The highest BCUT2D eigenvalue weighted by Crippen LogP contribution is 2.50. The average Bonchev–Trinajstić information content (AvgIpc) is 2.08. The van der Waals surface area contributed by atoms with Crippen molar-refractivity contribution in [2.45, 2.75) is 136 Å². The van der Waals surface area contributed by atoms with Gasteiger partial charge in [-0.15, -0.1) is 0 Å². The van der Waals surface area contributed by atoms with Crippen LogP contribution in [0.2, 0.25) is 51.4 Å². The molecule has 89 heavy (non-hydrogen) atoms. The first kappa shape index (κ1) is 66.9. The number of nitrogens with one attached hydrogen (secondary N) is 1. The van der Waals surface area contributed by atoms with Crippen molar-refractivity contribution in [3.8, 4) is 0 Å². The van der Waals surface area contributed by atoms with Crippen LogP contribution in [0.4, 0.5) is 43.8 Å². The van der Waals surface area contributed by atoms with Gasteiger partial charge in [0.2, 0.25) is 20.0 Å². The van der Waals surface area contributed by atoms with E-state index >= 15 is 0 Å². The number of rotatable bonds is 17. The Morgan fingerprint density at radius 1 is 0.551 bits per heavy atom. The molecule has 0 radical (unpaired) electrons. The molecule has 6 aromatic rings. The Bertz CT molecular complexity index is 3680. The lowest BCUT2D eigenvalue weighted by molar-refractivity contribution is -0.108. The van der Waals surface area contributed by atoms with Crippen LogP contribution >= 0.6 is 0 Å². The fraction of sp³-hybridized carbons (Fsp3) is 0.695. The van der Waals surface area contributed by atoms with E-state index in [1.54, 1.807) is 12.5 Å². The molecule has 1 saturated carbocycles. The third kappa shape index (κ3) is 15.7. The summed E-state index contributed by atoms with van der Waals surface area (Å²) in [6, 6.07) is 8.27. The number of aromatic nitrogens is 9. The van der Waals surface area contributed by atoms with Gasteiger partial charge in [0, 0.05) is 124 Å². The van der Waals surface area contributed by atoms with Crippen LogP contribution in [0.15, 0.2) is 55.8 Å². The number of alkyl halides is 6. The number of hydrogen-bond donors (Lipinski definition) is 1.